The van der Waals surface area contributed by atoms with E-state index >= 15 is 0 Å². The van der Waals surface area contributed by atoms with E-state index in [0.29, 0.717) is 19.3 Å². The third kappa shape index (κ3) is 3.57. The van der Waals surface area contributed by atoms with Crippen molar-refractivity contribution in [2.45, 2.75) is 25.3 Å². The fourth-order valence-electron chi connectivity index (χ4n) is 2.92. The number of benzene rings is 1. The topological polar surface area (TPSA) is 101 Å². The molecule has 0 saturated heterocycles. The van der Waals surface area contributed by atoms with Crippen LogP contribution in [0.1, 0.15) is 29.8 Å². The molecule has 7 nitrogen and oxygen atoms in total. The number of carboxylic acid groups (broad SMARTS) is 1. The number of carbonyl (C=O) groups is 2. The minimum absolute atomic E-state index is 0.0402. The van der Waals surface area contributed by atoms with Gasteiger partial charge in [0.05, 0.1) is 5.92 Å². The first-order chi connectivity index (χ1) is 12.0. The Hall–Kier alpha value is -3.03. The molecule has 130 valence electrons. The van der Waals surface area contributed by atoms with Gasteiger partial charge in [-0.2, -0.15) is 9.78 Å². The SMILES string of the molecule is O=C(N[C@H]1CC[C@@H](C(=O)O)C1)c1ccc(=O)n(-c2ccccc2F)n1. The van der Waals surface area contributed by atoms with Crippen molar-refractivity contribution in [3.8, 4) is 5.69 Å². The lowest BCUT2D eigenvalue weighted by Gasteiger charge is -2.13. The van der Waals surface area contributed by atoms with E-state index in [4.69, 9.17) is 5.11 Å². The van der Waals surface area contributed by atoms with Crippen molar-refractivity contribution in [2.24, 2.45) is 5.92 Å². The van der Waals surface area contributed by atoms with E-state index in [0.717, 1.165) is 10.7 Å². The number of aliphatic carboxylic acids is 1. The first kappa shape index (κ1) is 16.8. The van der Waals surface area contributed by atoms with E-state index in [1.165, 1.54) is 24.3 Å². The van der Waals surface area contributed by atoms with Gasteiger partial charge in [-0.1, -0.05) is 12.1 Å². The van der Waals surface area contributed by atoms with Crippen LogP contribution in [0.2, 0.25) is 0 Å². The number of nitrogens with one attached hydrogen (secondary N) is 1. The Balaban J connectivity index is 1.81. The highest BCUT2D eigenvalue weighted by Gasteiger charge is 2.31. The molecule has 1 amide bonds. The Morgan fingerprint density at radius 1 is 1.20 bits per heavy atom. The van der Waals surface area contributed by atoms with Crippen molar-refractivity contribution in [3.05, 3.63) is 58.3 Å². The molecule has 2 atom stereocenters. The molecule has 1 aliphatic carbocycles. The summed E-state index contributed by atoms with van der Waals surface area (Å²) in [5.41, 5.74) is -0.649. The molecule has 2 N–H and O–H groups in total. The molecule has 0 aliphatic heterocycles. The summed E-state index contributed by atoms with van der Waals surface area (Å²) in [6.07, 6.45) is 1.42. The zero-order valence-electron chi connectivity index (χ0n) is 13.2. The van der Waals surface area contributed by atoms with Gasteiger partial charge in [0.2, 0.25) is 0 Å². The second-order valence-electron chi connectivity index (χ2n) is 5.94. The molecule has 1 aliphatic rings. The van der Waals surface area contributed by atoms with Gasteiger partial charge >= 0.3 is 5.97 Å². The summed E-state index contributed by atoms with van der Waals surface area (Å²) >= 11 is 0. The molecule has 0 unspecified atom stereocenters. The first-order valence-corrected chi connectivity index (χ1v) is 7.84. The van der Waals surface area contributed by atoms with Crippen molar-refractivity contribution in [2.75, 3.05) is 0 Å². The van der Waals surface area contributed by atoms with E-state index in [-0.39, 0.29) is 17.4 Å². The van der Waals surface area contributed by atoms with Crippen LogP contribution in [0.3, 0.4) is 0 Å². The highest BCUT2D eigenvalue weighted by atomic mass is 19.1. The van der Waals surface area contributed by atoms with Gasteiger partial charge in [-0.15, -0.1) is 0 Å². The summed E-state index contributed by atoms with van der Waals surface area (Å²) in [4.78, 5) is 35.2. The van der Waals surface area contributed by atoms with E-state index in [9.17, 15) is 18.8 Å². The minimum atomic E-state index is -0.872. The Labute approximate surface area is 142 Å². The second kappa shape index (κ2) is 6.84. The van der Waals surface area contributed by atoms with Crippen LogP contribution in [0.5, 0.6) is 0 Å². The molecule has 3 rings (SSSR count). The summed E-state index contributed by atoms with van der Waals surface area (Å²) < 4.78 is 14.7. The van der Waals surface area contributed by atoms with Crippen molar-refractivity contribution in [3.63, 3.8) is 0 Å². The molecule has 25 heavy (non-hydrogen) atoms. The van der Waals surface area contributed by atoms with E-state index < -0.39 is 29.2 Å². The zero-order valence-corrected chi connectivity index (χ0v) is 13.2. The van der Waals surface area contributed by atoms with Crippen molar-refractivity contribution >= 4 is 11.9 Å². The lowest BCUT2D eigenvalue weighted by Crippen LogP contribution is -2.35. The van der Waals surface area contributed by atoms with Gasteiger partial charge in [-0.05, 0) is 37.5 Å². The number of para-hydroxylation sites is 1. The van der Waals surface area contributed by atoms with Gasteiger partial charge in [0.15, 0.2) is 0 Å². The largest absolute Gasteiger partial charge is 0.481 e. The van der Waals surface area contributed by atoms with Crippen LogP contribution in [0.4, 0.5) is 4.39 Å². The molecule has 0 radical (unpaired) electrons. The maximum atomic E-state index is 13.9. The van der Waals surface area contributed by atoms with Crippen molar-refractivity contribution in [1.82, 2.24) is 15.1 Å². The number of nitrogens with zero attached hydrogens (tertiary/aromatic N) is 2. The number of hydrogen-bond acceptors (Lipinski definition) is 4. The predicted octanol–water partition coefficient (Wildman–Crippen LogP) is 1.35. The van der Waals surface area contributed by atoms with Crippen LogP contribution in [-0.4, -0.2) is 32.8 Å². The minimum Gasteiger partial charge on any atom is -0.481 e. The molecule has 0 spiro atoms. The zero-order chi connectivity index (χ0) is 18.0. The average molecular weight is 345 g/mol. The van der Waals surface area contributed by atoms with Gasteiger partial charge in [-0.25, -0.2) is 4.39 Å². The molecular formula is C17H16FN3O4. The number of rotatable bonds is 4. The summed E-state index contributed by atoms with van der Waals surface area (Å²) in [5.74, 6) is -2.50. The molecule has 1 heterocycles. The Morgan fingerprint density at radius 3 is 2.64 bits per heavy atom. The second-order valence-corrected chi connectivity index (χ2v) is 5.94. The van der Waals surface area contributed by atoms with Crippen LogP contribution < -0.4 is 10.9 Å². The molecule has 1 aromatic carbocycles. The van der Waals surface area contributed by atoms with Crippen molar-refractivity contribution in [1.29, 1.82) is 0 Å². The third-order valence-corrected chi connectivity index (χ3v) is 4.23. The van der Waals surface area contributed by atoms with E-state index in [1.54, 1.807) is 6.07 Å². The van der Waals surface area contributed by atoms with Gasteiger partial charge in [0.25, 0.3) is 11.5 Å². The quantitative estimate of drug-likeness (QED) is 0.871. The molecule has 1 fully saturated rings. The van der Waals surface area contributed by atoms with Gasteiger partial charge in [0, 0.05) is 12.1 Å². The number of carbonyl (C=O) groups excluding carboxylic acids is 1. The average Bonchev–Trinajstić information content (AvgIpc) is 3.05. The number of amides is 1. The van der Waals surface area contributed by atoms with Crippen LogP contribution in [0.15, 0.2) is 41.2 Å². The molecular weight excluding hydrogens is 329 g/mol. The standard InChI is InChI=1S/C17H16FN3O4/c18-12-3-1-2-4-14(12)21-15(22)8-7-13(20-21)16(23)19-11-6-5-10(9-11)17(24)25/h1-4,7-8,10-11H,5-6,9H2,(H,19,23)(H,24,25)/t10-,11+/m1/s1. The summed E-state index contributed by atoms with van der Waals surface area (Å²) in [5, 5.41) is 15.7. The smallest absolute Gasteiger partial charge is 0.306 e. The lowest BCUT2D eigenvalue weighted by atomic mass is 10.1. The lowest BCUT2D eigenvalue weighted by molar-refractivity contribution is -0.141. The Morgan fingerprint density at radius 2 is 1.96 bits per heavy atom. The molecule has 8 heteroatoms. The normalized spacial score (nSPS) is 19.6. The van der Waals surface area contributed by atoms with E-state index in [1.807, 2.05) is 0 Å². The van der Waals surface area contributed by atoms with Crippen LogP contribution in [-0.2, 0) is 4.79 Å². The summed E-state index contributed by atoms with van der Waals surface area (Å²) in [6.45, 7) is 0. The monoisotopic (exact) mass is 345 g/mol. The molecule has 2 aromatic rings. The fourth-order valence-corrected chi connectivity index (χ4v) is 2.92. The van der Waals surface area contributed by atoms with E-state index in [2.05, 4.69) is 10.4 Å². The van der Waals surface area contributed by atoms with Gasteiger partial charge in [0.1, 0.15) is 17.2 Å². The third-order valence-electron chi connectivity index (χ3n) is 4.23. The molecule has 1 saturated carbocycles. The van der Waals surface area contributed by atoms with Crippen molar-refractivity contribution < 1.29 is 19.1 Å². The maximum absolute atomic E-state index is 13.9. The van der Waals surface area contributed by atoms with Gasteiger partial charge in [-0.3, -0.25) is 14.4 Å². The molecule has 0 bridgehead atoms. The number of aromatic nitrogens is 2. The predicted molar refractivity (Wildman–Crippen MR) is 86.0 cm³/mol. The maximum Gasteiger partial charge on any atom is 0.306 e. The van der Waals surface area contributed by atoms with Crippen LogP contribution >= 0.6 is 0 Å². The highest BCUT2D eigenvalue weighted by Crippen LogP contribution is 2.25. The van der Waals surface area contributed by atoms with Gasteiger partial charge < -0.3 is 10.4 Å². The summed E-state index contributed by atoms with van der Waals surface area (Å²) in [6, 6.07) is 7.77. The number of carboxylic acids is 1. The Bertz CT molecular complexity index is 880. The Kier molecular flexibility index (Phi) is 4.60. The van der Waals surface area contributed by atoms with Crippen LogP contribution in [0.25, 0.3) is 5.69 Å². The first-order valence-electron chi connectivity index (χ1n) is 7.84. The molecule has 1 aromatic heterocycles. The number of hydrogen-bond donors (Lipinski definition) is 2. The van der Waals surface area contributed by atoms with Crippen LogP contribution in [0, 0.1) is 11.7 Å². The number of halogens is 1. The fraction of sp³-hybridized carbons (Fsp3) is 0.294. The highest BCUT2D eigenvalue weighted by molar-refractivity contribution is 5.92. The summed E-state index contributed by atoms with van der Waals surface area (Å²) in [7, 11) is 0.